The van der Waals surface area contributed by atoms with E-state index < -0.39 is 0 Å². The summed E-state index contributed by atoms with van der Waals surface area (Å²) >= 11 is 3.48. The summed E-state index contributed by atoms with van der Waals surface area (Å²) in [6.07, 6.45) is 1.21. The summed E-state index contributed by atoms with van der Waals surface area (Å²) in [7, 11) is 0. The van der Waals surface area contributed by atoms with Crippen LogP contribution in [-0.4, -0.2) is 16.4 Å². The van der Waals surface area contributed by atoms with Crippen LogP contribution in [0.3, 0.4) is 0 Å². The summed E-state index contributed by atoms with van der Waals surface area (Å²) in [6, 6.07) is 8.16. The van der Waals surface area contributed by atoms with Gasteiger partial charge in [0.05, 0.1) is 5.52 Å². The van der Waals surface area contributed by atoms with Crippen LogP contribution in [0.15, 0.2) is 24.3 Å². The third-order valence-electron chi connectivity index (χ3n) is 3.04. The second-order valence-corrected chi connectivity index (χ2v) is 4.77. The Kier molecular flexibility index (Phi) is 2.36. The number of aryl methyl sites for hydroxylation is 1. The van der Waals surface area contributed by atoms with E-state index in [4.69, 9.17) is 4.74 Å². The average Bonchev–Trinajstić information content (AvgIpc) is 2.74. The minimum absolute atomic E-state index is 0.251. The van der Waals surface area contributed by atoms with Crippen molar-refractivity contribution in [1.29, 1.82) is 0 Å². The molecule has 2 nitrogen and oxygen atoms in total. The van der Waals surface area contributed by atoms with Gasteiger partial charge in [-0.25, -0.2) is 0 Å². The number of nitrogens with zero attached hydrogens (tertiary/aromatic N) is 1. The standard InChI is InChI=1S/C13H12BrNO/c1-8-11-6-9(7-14)16-13(11)10-4-2-3-5-12(10)15-8/h2-5,9H,6-7H2,1H3/t9-/m0/s1. The molecule has 2 heterocycles. The van der Waals surface area contributed by atoms with Crippen molar-refractivity contribution in [2.75, 3.05) is 5.33 Å². The van der Waals surface area contributed by atoms with Crippen molar-refractivity contribution in [2.24, 2.45) is 0 Å². The van der Waals surface area contributed by atoms with Gasteiger partial charge >= 0.3 is 0 Å². The zero-order valence-corrected chi connectivity index (χ0v) is 10.6. The van der Waals surface area contributed by atoms with E-state index in [1.54, 1.807) is 0 Å². The van der Waals surface area contributed by atoms with E-state index in [9.17, 15) is 0 Å². The maximum Gasteiger partial charge on any atom is 0.134 e. The van der Waals surface area contributed by atoms with Gasteiger partial charge in [0.2, 0.25) is 0 Å². The van der Waals surface area contributed by atoms with E-state index in [-0.39, 0.29) is 6.10 Å². The average molecular weight is 278 g/mol. The molecule has 0 amide bonds. The van der Waals surface area contributed by atoms with Gasteiger partial charge in [0.25, 0.3) is 0 Å². The molecule has 1 aromatic heterocycles. The molecule has 0 unspecified atom stereocenters. The molecule has 2 aromatic rings. The smallest absolute Gasteiger partial charge is 0.134 e. The molecule has 0 saturated carbocycles. The fraction of sp³-hybridized carbons (Fsp3) is 0.308. The highest BCUT2D eigenvalue weighted by atomic mass is 79.9. The molecule has 3 rings (SSSR count). The summed E-state index contributed by atoms with van der Waals surface area (Å²) < 4.78 is 5.96. The Bertz CT molecular complexity index is 553. The lowest BCUT2D eigenvalue weighted by Gasteiger charge is -2.08. The van der Waals surface area contributed by atoms with E-state index in [0.717, 1.165) is 34.1 Å². The number of para-hydroxylation sites is 1. The highest BCUT2D eigenvalue weighted by Crippen LogP contribution is 2.37. The lowest BCUT2D eigenvalue weighted by molar-refractivity contribution is 0.263. The van der Waals surface area contributed by atoms with Crippen LogP contribution in [0.1, 0.15) is 11.3 Å². The quantitative estimate of drug-likeness (QED) is 0.747. The number of ether oxygens (including phenoxy) is 1. The van der Waals surface area contributed by atoms with Crippen LogP contribution >= 0.6 is 15.9 Å². The van der Waals surface area contributed by atoms with Crippen molar-refractivity contribution in [1.82, 2.24) is 4.98 Å². The highest BCUT2D eigenvalue weighted by molar-refractivity contribution is 9.09. The SMILES string of the molecule is Cc1nc2ccccc2c2c1C[C@@H](CBr)O2. The van der Waals surface area contributed by atoms with Gasteiger partial charge in [0.1, 0.15) is 11.9 Å². The Labute approximate surface area is 103 Å². The first-order chi connectivity index (χ1) is 7.79. The number of fused-ring (bicyclic) bond motifs is 3. The molecule has 0 fully saturated rings. The minimum Gasteiger partial charge on any atom is -0.488 e. The number of halogens is 1. The van der Waals surface area contributed by atoms with E-state index in [1.165, 1.54) is 5.56 Å². The van der Waals surface area contributed by atoms with Crippen molar-refractivity contribution >= 4 is 26.8 Å². The summed E-state index contributed by atoms with van der Waals surface area (Å²) in [6.45, 7) is 2.06. The van der Waals surface area contributed by atoms with E-state index in [2.05, 4.69) is 33.9 Å². The number of alkyl halides is 1. The second-order valence-electron chi connectivity index (χ2n) is 4.12. The van der Waals surface area contributed by atoms with E-state index >= 15 is 0 Å². The fourth-order valence-electron chi connectivity index (χ4n) is 2.24. The zero-order valence-electron chi connectivity index (χ0n) is 9.03. The number of rotatable bonds is 1. The van der Waals surface area contributed by atoms with Gasteiger partial charge in [-0.2, -0.15) is 0 Å². The van der Waals surface area contributed by atoms with Gasteiger partial charge in [-0.05, 0) is 19.1 Å². The van der Waals surface area contributed by atoms with Gasteiger partial charge in [-0.3, -0.25) is 4.98 Å². The minimum atomic E-state index is 0.251. The number of benzene rings is 1. The largest absolute Gasteiger partial charge is 0.488 e. The molecule has 3 heteroatoms. The lowest BCUT2D eigenvalue weighted by Crippen LogP contribution is -2.13. The Balaban J connectivity index is 2.27. The fourth-order valence-corrected chi connectivity index (χ4v) is 2.60. The van der Waals surface area contributed by atoms with Crippen molar-refractivity contribution < 1.29 is 4.74 Å². The summed E-state index contributed by atoms with van der Waals surface area (Å²) in [5.74, 6) is 1.03. The molecule has 0 N–H and O–H groups in total. The third kappa shape index (κ3) is 1.42. The van der Waals surface area contributed by atoms with Crippen LogP contribution in [0.4, 0.5) is 0 Å². The van der Waals surface area contributed by atoms with Gasteiger partial charge in [-0.1, -0.05) is 28.1 Å². The molecule has 1 aliphatic heterocycles. The maximum absolute atomic E-state index is 5.96. The van der Waals surface area contributed by atoms with Crippen LogP contribution in [-0.2, 0) is 6.42 Å². The Hall–Kier alpha value is -1.09. The number of hydrogen-bond acceptors (Lipinski definition) is 2. The topological polar surface area (TPSA) is 22.1 Å². The normalized spacial score (nSPS) is 18.5. The molecule has 1 aliphatic rings. The lowest BCUT2D eigenvalue weighted by atomic mass is 10.1. The molecule has 16 heavy (non-hydrogen) atoms. The number of aromatic nitrogens is 1. The zero-order chi connectivity index (χ0) is 11.1. The Morgan fingerprint density at radius 3 is 3.06 bits per heavy atom. The Morgan fingerprint density at radius 2 is 2.25 bits per heavy atom. The third-order valence-corrected chi connectivity index (χ3v) is 3.76. The van der Waals surface area contributed by atoms with Gasteiger partial charge in [-0.15, -0.1) is 0 Å². The molecule has 82 valence electrons. The molecule has 0 spiro atoms. The first-order valence-electron chi connectivity index (χ1n) is 5.40. The predicted octanol–water partition coefficient (Wildman–Crippen LogP) is 3.24. The van der Waals surface area contributed by atoms with Gasteiger partial charge in [0, 0.05) is 28.4 Å². The van der Waals surface area contributed by atoms with Crippen molar-refractivity contribution in [2.45, 2.75) is 19.4 Å². The number of pyridine rings is 1. The molecule has 0 bridgehead atoms. The van der Waals surface area contributed by atoms with Crippen molar-refractivity contribution in [3.8, 4) is 5.75 Å². The van der Waals surface area contributed by atoms with Gasteiger partial charge in [0.15, 0.2) is 0 Å². The van der Waals surface area contributed by atoms with Crippen molar-refractivity contribution in [3.63, 3.8) is 0 Å². The van der Waals surface area contributed by atoms with Crippen LogP contribution in [0.2, 0.25) is 0 Å². The van der Waals surface area contributed by atoms with Crippen LogP contribution in [0, 0.1) is 6.92 Å². The monoisotopic (exact) mass is 277 g/mol. The summed E-state index contributed by atoms with van der Waals surface area (Å²) in [4.78, 5) is 4.62. The predicted molar refractivity (Wildman–Crippen MR) is 68.4 cm³/mol. The van der Waals surface area contributed by atoms with Crippen LogP contribution < -0.4 is 4.74 Å². The molecule has 0 radical (unpaired) electrons. The summed E-state index contributed by atoms with van der Waals surface area (Å²) in [5, 5.41) is 2.00. The highest BCUT2D eigenvalue weighted by Gasteiger charge is 2.26. The van der Waals surface area contributed by atoms with E-state index in [1.807, 2.05) is 18.2 Å². The molecule has 1 atom stereocenters. The summed E-state index contributed by atoms with van der Waals surface area (Å²) in [5.41, 5.74) is 3.38. The second kappa shape index (κ2) is 3.74. The van der Waals surface area contributed by atoms with Crippen LogP contribution in [0.5, 0.6) is 5.75 Å². The molecule has 0 saturated heterocycles. The Morgan fingerprint density at radius 1 is 1.44 bits per heavy atom. The first kappa shape index (κ1) is 10.1. The van der Waals surface area contributed by atoms with Crippen LogP contribution in [0.25, 0.3) is 10.9 Å². The molecular formula is C13H12BrNO. The number of hydrogen-bond donors (Lipinski definition) is 0. The van der Waals surface area contributed by atoms with E-state index in [0.29, 0.717) is 0 Å². The molecule has 0 aliphatic carbocycles. The van der Waals surface area contributed by atoms with Crippen molar-refractivity contribution in [3.05, 3.63) is 35.5 Å². The maximum atomic E-state index is 5.96. The van der Waals surface area contributed by atoms with Gasteiger partial charge < -0.3 is 4.74 Å². The molecular weight excluding hydrogens is 266 g/mol. The molecule has 1 aromatic carbocycles. The first-order valence-corrected chi connectivity index (χ1v) is 6.52.